The fourth-order valence-corrected chi connectivity index (χ4v) is 5.64. The second-order valence-electron chi connectivity index (χ2n) is 9.60. The van der Waals surface area contributed by atoms with Crippen molar-refractivity contribution in [1.82, 2.24) is 0 Å². The van der Waals surface area contributed by atoms with Crippen LogP contribution in [0.4, 0.5) is 8.78 Å². The molecule has 170 valence electrons. The molecule has 4 unspecified atom stereocenters. The first-order valence-electron chi connectivity index (χ1n) is 11.8. The van der Waals surface area contributed by atoms with Crippen molar-refractivity contribution in [1.29, 1.82) is 0 Å². The molecule has 2 aliphatic rings. The Morgan fingerprint density at radius 2 is 1.69 bits per heavy atom. The van der Waals surface area contributed by atoms with Crippen LogP contribution in [0.25, 0.3) is 0 Å². The largest absolute Gasteiger partial charge is 0.423 e. The standard InChI is InChI=1S/C28H32F2O2/c1-3-4-5-19-6-7-24-15-23(13-12-22(24)14-19)20-8-10-21(11-9-20)28(31)32-25-16-26(29)18(2)27(30)17-25/h3,8-11,16-17,19,22-24H,1,4-7,12-15H2,2H3. The normalized spacial score (nSPS) is 25.1. The number of halogens is 2. The van der Waals surface area contributed by atoms with E-state index in [4.69, 9.17) is 4.74 Å². The van der Waals surface area contributed by atoms with E-state index in [1.807, 2.05) is 18.2 Å². The summed E-state index contributed by atoms with van der Waals surface area (Å²) in [7, 11) is 0. The van der Waals surface area contributed by atoms with Crippen molar-refractivity contribution < 1.29 is 18.3 Å². The first kappa shape index (κ1) is 22.7. The molecule has 4 heteroatoms. The summed E-state index contributed by atoms with van der Waals surface area (Å²) in [4.78, 5) is 12.4. The molecule has 2 fully saturated rings. The molecule has 2 aromatic rings. The lowest BCUT2D eigenvalue weighted by atomic mass is 9.63. The molecule has 0 aliphatic heterocycles. The van der Waals surface area contributed by atoms with Crippen molar-refractivity contribution in [3.63, 3.8) is 0 Å². The SMILES string of the molecule is C=CCCC1CCC2CC(c3ccc(C(=O)Oc4cc(F)c(C)c(F)c4)cc3)CCC2C1. The van der Waals surface area contributed by atoms with E-state index >= 15 is 0 Å². The predicted octanol–water partition coefficient (Wildman–Crippen LogP) is 7.76. The van der Waals surface area contributed by atoms with Crippen LogP contribution in [-0.4, -0.2) is 5.97 Å². The van der Waals surface area contributed by atoms with Gasteiger partial charge in [0.2, 0.25) is 0 Å². The van der Waals surface area contributed by atoms with Crippen molar-refractivity contribution in [2.45, 2.75) is 64.2 Å². The molecule has 0 radical (unpaired) electrons. The smallest absolute Gasteiger partial charge is 0.343 e. The van der Waals surface area contributed by atoms with Crippen LogP contribution in [0.1, 0.15) is 78.8 Å². The van der Waals surface area contributed by atoms with Gasteiger partial charge in [-0.05, 0) is 93.2 Å². The highest BCUT2D eigenvalue weighted by Gasteiger charge is 2.35. The van der Waals surface area contributed by atoms with E-state index in [0.29, 0.717) is 11.5 Å². The van der Waals surface area contributed by atoms with E-state index in [2.05, 4.69) is 6.58 Å². The molecule has 4 rings (SSSR count). The maximum Gasteiger partial charge on any atom is 0.343 e. The molecule has 0 aromatic heterocycles. The minimum atomic E-state index is -0.728. The lowest BCUT2D eigenvalue weighted by Gasteiger charge is -2.42. The molecule has 0 spiro atoms. The molecular weight excluding hydrogens is 406 g/mol. The maximum atomic E-state index is 13.7. The summed E-state index contributed by atoms with van der Waals surface area (Å²) >= 11 is 0. The van der Waals surface area contributed by atoms with Gasteiger partial charge in [-0.1, -0.05) is 24.6 Å². The monoisotopic (exact) mass is 438 g/mol. The molecule has 0 amide bonds. The number of fused-ring (bicyclic) bond motifs is 1. The summed E-state index contributed by atoms with van der Waals surface area (Å²) in [5, 5.41) is 0. The number of hydrogen-bond donors (Lipinski definition) is 0. The van der Waals surface area contributed by atoms with Gasteiger partial charge in [-0.25, -0.2) is 13.6 Å². The van der Waals surface area contributed by atoms with Crippen LogP contribution < -0.4 is 4.74 Å². The second kappa shape index (κ2) is 9.97. The van der Waals surface area contributed by atoms with Gasteiger partial charge in [0, 0.05) is 17.7 Å². The molecular formula is C28H32F2O2. The molecule has 32 heavy (non-hydrogen) atoms. The summed E-state index contributed by atoms with van der Waals surface area (Å²) in [6.07, 6.45) is 12.2. The quantitative estimate of drug-likeness (QED) is 0.262. The molecule has 2 aliphatic carbocycles. The molecule has 4 atom stereocenters. The van der Waals surface area contributed by atoms with E-state index < -0.39 is 17.6 Å². The van der Waals surface area contributed by atoms with Crippen LogP contribution in [0.3, 0.4) is 0 Å². The molecule has 0 bridgehead atoms. The lowest BCUT2D eigenvalue weighted by Crippen LogP contribution is -2.30. The fourth-order valence-electron chi connectivity index (χ4n) is 5.64. The van der Waals surface area contributed by atoms with E-state index in [9.17, 15) is 13.6 Å². The van der Waals surface area contributed by atoms with Gasteiger partial charge in [0.25, 0.3) is 0 Å². The van der Waals surface area contributed by atoms with Crippen LogP contribution >= 0.6 is 0 Å². The Morgan fingerprint density at radius 3 is 2.38 bits per heavy atom. The number of benzene rings is 2. The van der Waals surface area contributed by atoms with Gasteiger partial charge >= 0.3 is 5.97 Å². The Hall–Kier alpha value is -2.49. The summed E-state index contributed by atoms with van der Waals surface area (Å²) < 4.78 is 32.6. The van der Waals surface area contributed by atoms with Crippen molar-refractivity contribution in [3.8, 4) is 5.75 Å². The van der Waals surface area contributed by atoms with Crippen LogP contribution in [0.15, 0.2) is 49.1 Å². The van der Waals surface area contributed by atoms with Gasteiger partial charge < -0.3 is 4.74 Å². The summed E-state index contributed by atoms with van der Waals surface area (Å²) in [5.74, 6) is 0.881. The Kier molecular flexibility index (Phi) is 7.07. The number of carbonyl (C=O) groups is 1. The van der Waals surface area contributed by atoms with E-state index in [-0.39, 0.29) is 11.3 Å². The van der Waals surface area contributed by atoms with Gasteiger partial charge in [-0.15, -0.1) is 6.58 Å². The highest BCUT2D eigenvalue weighted by atomic mass is 19.1. The first-order valence-corrected chi connectivity index (χ1v) is 11.8. The minimum absolute atomic E-state index is 0.0888. The van der Waals surface area contributed by atoms with Gasteiger partial charge in [0.05, 0.1) is 5.56 Å². The third kappa shape index (κ3) is 5.11. The summed E-state index contributed by atoms with van der Waals surface area (Å²) in [6.45, 7) is 5.20. The van der Waals surface area contributed by atoms with E-state index in [1.54, 1.807) is 12.1 Å². The van der Waals surface area contributed by atoms with Crippen LogP contribution in [0, 0.1) is 36.3 Å². The zero-order chi connectivity index (χ0) is 22.7. The number of carbonyl (C=O) groups excluding carboxylic acids is 1. The highest BCUT2D eigenvalue weighted by Crippen LogP contribution is 2.48. The van der Waals surface area contributed by atoms with Crippen molar-refractivity contribution in [2.75, 3.05) is 0 Å². The van der Waals surface area contributed by atoms with Crippen LogP contribution in [-0.2, 0) is 0 Å². The van der Waals surface area contributed by atoms with E-state index in [1.165, 1.54) is 57.4 Å². The fraction of sp³-hybridized carbons (Fsp3) is 0.464. The topological polar surface area (TPSA) is 26.3 Å². The lowest BCUT2D eigenvalue weighted by molar-refractivity contribution is 0.0734. The average molecular weight is 439 g/mol. The third-order valence-corrected chi connectivity index (χ3v) is 7.58. The Morgan fingerprint density at radius 1 is 1.03 bits per heavy atom. The zero-order valence-corrected chi connectivity index (χ0v) is 18.8. The molecule has 2 nitrogen and oxygen atoms in total. The molecule has 0 N–H and O–H groups in total. The molecule has 0 saturated heterocycles. The zero-order valence-electron chi connectivity index (χ0n) is 18.8. The Bertz CT molecular complexity index is 943. The van der Waals surface area contributed by atoms with Gasteiger partial charge in [-0.2, -0.15) is 0 Å². The van der Waals surface area contributed by atoms with E-state index in [0.717, 1.165) is 36.3 Å². The second-order valence-corrected chi connectivity index (χ2v) is 9.60. The Labute approximate surface area is 189 Å². The number of hydrogen-bond acceptors (Lipinski definition) is 2. The Balaban J connectivity index is 1.35. The van der Waals surface area contributed by atoms with Crippen molar-refractivity contribution >= 4 is 5.97 Å². The van der Waals surface area contributed by atoms with Gasteiger partial charge in [-0.3, -0.25) is 0 Å². The number of allylic oxidation sites excluding steroid dienone is 1. The van der Waals surface area contributed by atoms with Gasteiger partial charge in [0.1, 0.15) is 17.4 Å². The third-order valence-electron chi connectivity index (χ3n) is 7.58. The molecule has 0 heterocycles. The molecule has 2 saturated carbocycles. The van der Waals surface area contributed by atoms with Crippen molar-refractivity contribution in [2.24, 2.45) is 17.8 Å². The predicted molar refractivity (Wildman–Crippen MR) is 123 cm³/mol. The first-order chi connectivity index (χ1) is 15.4. The van der Waals surface area contributed by atoms with Crippen molar-refractivity contribution in [3.05, 3.63) is 77.4 Å². The van der Waals surface area contributed by atoms with Crippen LogP contribution in [0.5, 0.6) is 5.75 Å². The molecule has 2 aromatic carbocycles. The van der Waals surface area contributed by atoms with Crippen LogP contribution in [0.2, 0.25) is 0 Å². The number of rotatable bonds is 6. The average Bonchev–Trinajstić information content (AvgIpc) is 2.80. The minimum Gasteiger partial charge on any atom is -0.423 e. The highest BCUT2D eigenvalue weighted by molar-refractivity contribution is 5.91. The van der Waals surface area contributed by atoms with Gasteiger partial charge in [0.15, 0.2) is 0 Å². The summed E-state index contributed by atoms with van der Waals surface area (Å²) in [5.41, 5.74) is 1.56. The summed E-state index contributed by atoms with van der Waals surface area (Å²) in [6, 6.07) is 9.61. The number of esters is 1. The number of ether oxygens (including phenoxy) is 1. The maximum absolute atomic E-state index is 13.7.